The van der Waals surface area contributed by atoms with Crippen molar-refractivity contribution in [2.45, 2.75) is 84.7 Å². The number of ether oxygens (including phenoxy) is 1. The molecule has 0 saturated heterocycles. The van der Waals surface area contributed by atoms with Crippen molar-refractivity contribution in [3.8, 4) is 0 Å². The summed E-state index contributed by atoms with van der Waals surface area (Å²) in [4.78, 5) is 0. The van der Waals surface area contributed by atoms with E-state index in [2.05, 4.69) is 65.8 Å². The second kappa shape index (κ2) is 7.40. The highest BCUT2D eigenvalue weighted by Crippen LogP contribution is 2.39. The molecule has 0 heterocycles. The van der Waals surface area contributed by atoms with E-state index >= 15 is 0 Å². The van der Waals surface area contributed by atoms with Gasteiger partial charge in [0.05, 0.1) is 0 Å². The highest BCUT2D eigenvalue weighted by Gasteiger charge is 2.60. The summed E-state index contributed by atoms with van der Waals surface area (Å²) in [6.45, 7) is 27.1. The van der Waals surface area contributed by atoms with Crippen molar-refractivity contribution in [1.29, 1.82) is 0 Å². The molecule has 0 aliphatic carbocycles. The van der Waals surface area contributed by atoms with Gasteiger partial charge in [-0.2, -0.15) is 0 Å². The lowest BCUT2D eigenvalue weighted by molar-refractivity contribution is 0.144. The molecule has 0 N–H and O–H groups in total. The van der Waals surface area contributed by atoms with Gasteiger partial charge in [-0.15, -0.1) is 0 Å². The minimum Gasteiger partial charge on any atom is -0.382 e. The number of rotatable bonds is 9. The van der Waals surface area contributed by atoms with Crippen LogP contribution < -0.4 is 0 Å². The molecule has 0 aliphatic rings. The maximum atomic E-state index is 6.02. The first kappa shape index (κ1) is 20.8. The Morgan fingerprint density at radius 3 is 1.35 bits per heavy atom. The van der Waals surface area contributed by atoms with Gasteiger partial charge in [-0.25, -0.2) is 0 Å². The normalized spacial score (nSPS) is 14.7. The summed E-state index contributed by atoms with van der Waals surface area (Å²) in [5.41, 5.74) is 0. The smallest absolute Gasteiger partial charge is 0.0465 e. The van der Waals surface area contributed by atoms with Crippen LogP contribution in [0, 0.1) is 0 Å². The van der Waals surface area contributed by atoms with Gasteiger partial charge < -0.3 is 4.74 Å². The van der Waals surface area contributed by atoms with Crippen LogP contribution in [0.25, 0.3) is 0 Å². The maximum Gasteiger partial charge on any atom is 0.0465 e. The molecular weight excluding hydrogens is 309 g/mol. The molecular formula is C15H40OSi4. The highest BCUT2D eigenvalue weighted by molar-refractivity contribution is 7.89. The zero-order valence-corrected chi connectivity index (χ0v) is 19.9. The lowest BCUT2D eigenvalue weighted by atomic mass is 10.4. The predicted molar refractivity (Wildman–Crippen MR) is 106 cm³/mol. The average molecular weight is 349 g/mol. The zero-order chi connectivity index (χ0) is 16.2. The van der Waals surface area contributed by atoms with E-state index in [1.54, 1.807) is 0 Å². The standard InChI is InChI=1S/C15H40OSi4/c1-11-12-13-16-14-15-20(17(2,3)4,18(5,6)7)19(8,9)10/h11-15H2,1-10H3. The van der Waals surface area contributed by atoms with E-state index < -0.39 is 29.4 Å². The Morgan fingerprint density at radius 1 is 0.650 bits per heavy atom. The molecule has 0 bridgehead atoms. The molecule has 0 fully saturated rings. The second-order valence-corrected chi connectivity index (χ2v) is 50.9. The van der Waals surface area contributed by atoms with E-state index in [1.165, 1.54) is 18.9 Å². The summed E-state index contributed by atoms with van der Waals surface area (Å²) in [6.07, 6.45) is 2.47. The fourth-order valence-electron chi connectivity index (χ4n) is 5.07. The highest BCUT2D eigenvalue weighted by atomic mass is 29.9. The van der Waals surface area contributed by atoms with E-state index in [9.17, 15) is 0 Å². The van der Waals surface area contributed by atoms with Gasteiger partial charge in [0.2, 0.25) is 0 Å². The summed E-state index contributed by atoms with van der Waals surface area (Å²) in [5.74, 6) is 0. The summed E-state index contributed by atoms with van der Waals surface area (Å²) < 4.78 is 6.02. The van der Waals surface area contributed by atoms with Gasteiger partial charge in [-0.3, -0.25) is 0 Å². The molecule has 0 unspecified atom stereocenters. The zero-order valence-electron chi connectivity index (χ0n) is 15.9. The molecule has 0 aromatic carbocycles. The molecule has 5 heteroatoms. The Hall–Kier alpha value is 0.828. The average Bonchev–Trinajstić information content (AvgIpc) is 2.17. The molecule has 122 valence electrons. The molecule has 0 radical (unpaired) electrons. The third-order valence-electron chi connectivity index (χ3n) is 5.10. The largest absolute Gasteiger partial charge is 0.382 e. The molecule has 0 rings (SSSR count). The Labute approximate surface area is 132 Å². The monoisotopic (exact) mass is 348 g/mol. The van der Waals surface area contributed by atoms with Crippen molar-refractivity contribution in [3.63, 3.8) is 0 Å². The minimum absolute atomic E-state index is 0.976. The van der Waals surface area contributed by atoms with Crippen LogP contribution in [0.4, 0.5) is 0 Å². The van der Waals surface area contributed by atoms with Crippen LogP contribution in [-0.2, 0) is 4.74 Å². The Morgan fingerprint density at radius 2 is 1.05 bits per heavy atom. The lowest BCUT2D eigenvalue weighted by Crippen LogP contribution is -2.82. The molecule has 0 amide bonds. The third-order valence-corrected chi connectivity index (χ3v) is 79.5. The Kier molecular flexibility index (Phi) is 7.70. The fourth-order valence-corrected chi connectivity index (χ4v) is 103. The van der Waals surface area contributed by atoms with Gasteiger partial charge in [-0.1, -0.05) is 72.3 Å². The molecule has 0 atom stereocenters. The van der Waals surface area contributed by atoms with Crippen LogP contribution in [-0.4, -0.2) is 42.6 Å². The van der Waals surface area contributed by atoms with E-state index in [-0.39, 0.29) is 0 Å². The van der Waals surface area contributed by atoms with Gasteiger partial charge in [0.1, 0.15) is 0 Å². The molecule has 0 aliphatic heterocycles. The lowest BCUT2D eigenvalue weighted by Gasteiger charge is -2.57. The van der Waals surface area contributed by atoms with Crippen LogP contribution in [0.5, 0.6) is 0 Å². The van der Waals surface area contributed by atoms with Crippen molar-refractivity contribution < 1.29 is 4.74 Å². The van der Waals surface area contributed by atoms with E-state index in [0.717, 1.165) is 13.2 Å². The summed E-state index contributed by atoms with van der Waals surface area (Å²) in [6, 6.07) is 1.46. The van der Waals surface area contributed by atoms with Crippen molar-refractivity contribution >= 4 is 29.4 Å². The van der Waals surface area contributed by atoms with E-state index in [4.69, 9.17) is 4.74 Å². The van der Waals surface area contributed by atoms with Gasteiger partial charge in [0.15, 0.2) is 0 Å². The van der Waals surface area contributed by atoms with Crippen LogP contribution in [0.3, 0.4) is 0 Å². The fraction of sp³-hybridized carbons (Fsp3) is 1.00. The SMILES string of the molecule is CCCCOCC[Si]([Si](C)(C)C)([Si](C)(C)C)[Si](C)(C)C. The van der Waals surface area contributed by atoms with Crippen molar-refractivity contribution in [3.05, 3.63) is 0 Å². The van der Waals surface area contributed by atoms with Gasteiger partial charge in [0.25, 0.3) is 0 Å². The van der Waals surface area contributed by atoms with Crippen LogP contribution in [0.15, 0.2) is 0 Å². The Balaban J connectivity index is 5.25. The Bertz CT molecular complexity index is 248. The van der Waals surface area contributed by atoms with Crippen molar-refractivity contribution in [2.75, 3.05) is 13.2 Å². The molecule has 0 saturated carbocycles. The van der Waals surface area contributed by atoms with Gasteiger partial charge in [0, 0.05) is 42.6 Å². The predicted octanol–water partition coefficient (Wildman–Crippen LogP) is 5.50. The molecule has 0 aromatic heterocycles. The van der Waals surface area contributed by atoms with Crippen LogP contribution >= 0.6 is 0 Å². The summed E-state index contributed by atoms with van der Waals surface area (Å²) in [5, 5.41) is 0. The van der Waals surface area contributed by atoms with E-state index in [0.29, 0.717) is 0 Å². The van der Waals surface area contributed by atoms with Crippen molar-refractivity contribution in [2.24, 2.45) is 0 Å². The van der Waals surface area contributed by atoms with Crippen LogP contribution in [0.1, 0.15) is 19.8 Å². The van der Waals surface area contributed by atoms with E-state index in [1.807, 2.05) is 0 Å². The van der Waals surface area contributed by atoms with Crippen molar-refractivity contribution in [1.82, 2.24) is 0 Å². The quantitative estimate of drug-likeness (QED) is 0.395. The first-order valence-electron chi connectivity index (χ1n) is 8.39. The first-order valence-corrected chi connectivity index (χ1v) is 24.1. The topological polar surface area (TPSA) is 9.23 Å². The number of unbranched alkanes of at least 4 members (excludes halogenated alkanes) is 1. The van der Waals surface area contributed by atoms with Crippen LogP contribution in [0.2, 0.25) is 65.0 Å². The molecule has 20 heavy (non-hydrogen) atoms. The summed E-state index contributed by atoms with van der Waals surface area (Å²) in [7, 11) is -3.28. The van der Waals surface area contributed by atoms with Gasteiger partial charge in [-0.05, 0) is 12.5 Å². The van der Waals surface area contributed by atoms with Gasteiger partial charge >= 0.3 is 0 Å². The molecule has 0 spiro atoms. The minimum atomic E-state index is -1.17. The molecule has 0 aromatic rings. The number of hydrogen-bond acceptors (Lipinski definition) is 1. The first-order chi connectivity index (χ1) is 8.81. The third kappa shape index (κ3) is 4.66. The summed E-state index contributed by atoms with van der Waals surface area (Å²) >= 11 is 0. The number of hydrogen-bond donors (Lipinski definition) is 0. The maximum absolute atomic E-state index is 6.02. The molecule has 1 nitrogen and oxygen atoms in total. The second-order valence-electron chi connectivity index (χ2n) is 9.37.